The van der Waals surface area contributed by atoms with Crippen LogP contribution >= 0.6 is 0 Å². The highest BCUT2D eigenvalue weighted by atomic mass is 16.6. The topological polar surface area (TPSA) is 92.5 Å². The Hall–Kier alpha value is -2.89. The first-order valence-electron chi connectivity index (χ1n) is 6.28. The van der Waals surface area contributed by atoms with Crippen LogP contribution in [0.15, 0.2) is 42.5 Å². The second-order valence-electron chi connectivity index (χ2n) is 4.63. The molecule has 1 amide bonds. The number of aryl methyl sites for hydroxylation is 1. The summed E-state index contributed by atoms with van der Waals surface area (Å²) in [6, 6.07) is 10.8. The van der Waals surface area contributed by atoms with Crippen molar-refractivity contribution in [1.82, 2.24) is 5.32 Å². The number of nitrogens with one attached hydrogen (secondary N) is 1. The van der Waals surface area contributed by atoms with Crippen LogP contribution in [0.5, 0.6) is 5.75 Å². The van der Waals surface area contributed by atoms with Gasteiger partial charge in [0.1, 0.15) is 11.3 Å². The minimum atomic E-state index is -0.574. The van der Waals surface area contributed by atoms with E-state index in [2.05, 4.69) is 5.32 Å². The Kier molecular flexibility index (Phi) is 4.18. The Bertz CT molecular complexity index is 681. The quantitative estimate of drug-likeness (QED) is 0.667. The average Bonchev–Trinajstić information content (AvgIpc) is 2.46. The van der Waals surface area contributed by atoms with E-state index in [-0.39, 0.29) is 23.5 Å². The van der Waals surface area contributed by atoms with E-state index in [1.807, 2.05) is 0 Å². The van der Waals surface area contributed by atoms with Crippen LogP contribution in [0.1, 0.15) is 21.5 Å². The van der Waals surface area contributed by atoms with E-state index in [0.29, 0.717) is 0 Å². The molecule has 6 heteroatoms. The molecule has 2 N–H and O–H groups in total. The van der Waals surface area contributed by atoms with Crippen LogP contribution < -0.4 is 5.32 Å². The van der Waals surface area contributed by atoms with Crippen molar-refractivity contribution in [2.24, 2.45) is 0 Å². The highest BCUT2D eigenvalue weighted by molar-refractivity contribution is 5.98. The molecule has 0 bridgehead atoms. The van der Waals surface area contributed by atoms with Crippen molar-refractivity contribution in [3.05, 3.63) is 69.3 Å². The van der Waals surface area contributed by atoms with Crippen LogP contribution in [0.3, 0.4) is 0 Å². The van der Waals surface area contributed by atoms with Crippen LogP contribution in [0.25, 0.3) is 0 Å². The Labute approximate surface area is 121 Å². The summed E-state index contributed by atoms with van der Waals surface area (Å²) in [5.74, 6) is -0.363. The molecule has 0 fully saturated rings. The van der Waals surface area contributed by atoms with Gasteiger partial charge in [0.15, 0.2) is 0 Å². The van der Waals surface area contributed by atoms with Gasteiger partial charge < -0.3 is 10.4 Å². The number of carbonyl (C=O) groups is 1. The van der Waals surface area contributed by atoms with Gasteiger partial charge in [-0.1, -0.05) is 18.2 Å². The Morgan fingerprint density at radius 1 is 1.24 bits per heavy atom. The maximum atomic E-state index is 12.1. The molecule has 0 aliphatic heterocycles. The lowest BCUT2D eigenvalue weighted by molar-refractivity contribution is -0.385. The van der Waals surface area contributed by atoms with Crippen molar-refractivity contribution in [2.75, 3.05) is 0 Å². The summed E-state index contributed by atoms with van der Waals surface area (Å²) in [4.78, 5) is 22.5. The third-order valence-electron chi connectivity index (χ3n) is 2.98. The standard InChI is InChI=1S/C15H14N2O4/c1-10-2-7-14(17(20)21)13(8-10)15(19)16-9-11-3-5-12(18)6-4-11/h2-8,18H,9H2,1H3,(H,16,19). The summed E-state index contributed by atoms with van der Waals surface area (Å²) in [6.07, 6.45) is 0. The smallest absolute Gasteiger partial charge is 0.282 e. The van der Waals surface area contributed by atoms with E-state index in [0.717, 1.165) is 11.1 Å². The molecule has 0 saturated carbocycles. The molecule has 108 valence electrons. The molecule has 0 atom stereocenters. The summed E-state index contributed by atoms with van der Waals surface area (Å²) in [7, 11) is 0. The minimum Gasteiger partial charge on any atom is -0.508 e. The summed E-state index contributed by atoms with van der Waals surface area (Å²) in [5.41, 5.74) is 1.38. The number of hydrogen-bond donors (Lipinski definition) is 2. The molecular weight excluding hydrogens is 272 g/mol. The van der Waals surface area contributed by atoms with Crippen molar-refractivity contribution in [3.63, 3.8) is 0 Å². The third-order valence-corrected chi connectivity index (χ3v) is 2.98. The van der Waals surface area contributed by atoms with E-state index in [1.165, 1.54) is 24.3 Å². The molecule has 0 aliphatic rings. The predicted octanol–water partition coefficient (Wildman–Crippen LogP) is 2.54. The summed E-state index contributed by atoms with van der Waals surface area (Å²) >= 11 is 0. The normalized spacial score (nSPS) is 10.1. The Morgan fingerprint density at radius 3 is 2.52 bits per heavy atom. The van der Waals surface area contributed by atoms with Crippen LogP contribution in [-0.2, 0) is 6.54 Å². The fraction of sp³-hybridized carbons (Fsp3) is 0.133. The molecule has 2 rings (SSSR count). The van der Waals surface area contributed by atoms with Gasteiger partial charge in [-0.2, -0.15) is 0 Å². The number of aromatic hydroxyl groups is 1. The van der Waals surface area contributed by atoms with Crippen LogP contribution in [0.4, 0.5) is 5.69 Å². The van der Waals surface area contributed by atoms with Gasteiger partial charge in [-0.25, -0.2) is 0 Å². The predicted molar refractivity (Wildman–Crippen MR) is 77.1 cm³/mol. The molecule has 2 aromatic carbocycles. The number of rotatable bonds is 4. The average molecular weight is 286 g/mol. The minimum absolute atomic E-state index is 0.0405. The lowest BCUT2D eigenvalue weighted by atomic mass is 10.1. The fourth-order valence-corrected chi connectivity index (χ4v) is 1.88. The maximum absolute atomic E-state index is 12.1. The number of nitrogens with zero attached hydrogens (tertiary/aromatic N) is 1. The highest BCUT2D eigenvalue weighted by Crippen LogP contribution is 2.20. The van der Waals surface area contributed by atoms with Gasteiger partial charge in [-0.05, 0) is 36.2 Å². The number of hydrogen-bond acceptors (Lipinski definition) is 4. The monoisotopic (exact) mass is 286 g/mol. The van der Waals surface area contributed by atoms with Gasteiger partial charge in [0.2, 0.25) is 0 Å². The van der Waals surface area contributed by atoms with Crippen molar-refractivity contribution >= 4 is 11.6 Å². The van der Waals surface area contributed by atoms with Crippen molar-refractivity contribution < 1.29 is 14.8 Å². The highest BCUT2D eigenvalue weighted by Gasteiger charge is 2.19. The van der Waals surface area contributed by atoms with E-state index < -0.39 is 10.8 Å². The Balaban J connectivity index is 2.15. The number of phenols is 1. The van der Waals surface area contributed by atoms with Gasteiger partial charge in [-0.3, -0.25) is 14.9 Å². The number of amides is 1. The summed E-state index contributed by atoms with van der Waals surface area (Å²) in [5, 5.41) is 22.8. The number of phenolic OH excluding ortho intramolecular Hbond substituents is 1. The number of benzene rings is 2. The molecule has 0 aromatic heterocycles. The van der Waals surface area contributed by atoms with E-state index in [4.69, 9.17) is 0 Å². The number of carbonyl (C=O) groups excluding carboxylic acids is 1. The van der Waals surface area contributed by atoms with Crippen molar-refractivity contribution in [2.45, 2.75) is 13.5 Å². The molecule has 0 heterocycles. The zero-order valence-electron chi connectivity index (χ0n) is 11.4. The third kappa shape index (κ3) is 3.56. The summed E-state index contributed by atoms with van der Waals surface area (Å²) in [6.45, 7) is 1.99. The van der Waals surface area contributed by atoms with Gasteiger partial charge in [0.05, 0.1) is 4.92 Å². The molecular formula is C15H14N2O4. The SMILES string of the molecule is Cc1ccc([N+](=O)[O-])c(C(=O)NCc2ccc(O)cc2)c1. The van der Waals surface area contributed by atoms with Crippen molar-refractivity contribution in [1.29, 1.82) is 0 Å². The maximum Gasteiger partial charge on any atom is 0.282 e. The first kappa shape index (κ1) is 14.5. The zero-order chi connectivity index (χ0) is 15.4. The van der Waals surface area contributed by atoms with Gasteiger partial charge >= 0.3 is 0 Å². The van der Waals surface area contributed by atoms with Crippen LogP contribution in [0.2, 0.25) is 0 Å². The van der Waals surface area contributed by atoms with Crippen LogP contribution in [0, 0.1) is 17.0 Å². The fourth-order valence-electron chi connectivity index (χ4n) is 1.88. The molecule has 6 nitrogen and oxygen atoms in total. The molecule has 2 aromatic rings. The summed E-state index contributed by atoms with van der Waals surface area (Å²) < 4.78 is 0. The van der Waals surface area contributed by atoms with E-state index in [9.17, 15) is 20.0 Å². The van der Waals surface area contributed by atoms with E-state index in [1.54, 1.807) is 25.1 Å². The van der Waals surface area contributed by atoms with Crippen molar-refractivity contribution in [3.8, 4) is 5.75 Å². The van der Waals surface area contributed by atoms with Gasteiger partial charge in [-0.15, -0.1) is 0 Å². The van der Waals surface area contributed by atoms with Gasteiger partial charge in [0.25, 0.3) is 11.6 Å². The molecule has 0 aliphatic carbocycles. The molecule has 0 unspecified atom stereocenters. The Morgan fingerprint density at radius 2 is 1.90 bits per heavy atom. The largest absolute Gasteiger partial charge is 0.508 e. The first-order valence-corrected chi connectivity index (χ1v) is 6.28. The second-order valence-corrected chi connectivity index (χ2v) is 4.63. The molecule has 0 saturated heterocycles. The number of nitro groups is 1. The number of nitro benzene ring substituents is 1. The van der Waals surface area contributed by atoms with Gasteiger partial charge in [0, 0.05) is 12.6 Å². The lowest BCUT2D eigenvalue weighted by Gasteiger charge is -2.07. The zero-order valence-corrected chi connectivity index (χ0v) is 11.4. The van der Waals surface area contributed by atoms with E-state index >= 15 is 0 Å². The molecule has 0 radical (unpaired) electrons. The van der Waals surface area contributed by atoms with Crippen LogP contribution in [-0.4, -0.2) is 15.9 Å². The first-order chi connectivity index (χ1) is 9.97. The lowest BCUT2D eigenvalue weighted by Crippen LogP contribution is -2.23. The second kappa shape index (κ2) is 6.04. The molecule has 0 spiro atoms. The molecule has 21 heavy (non-hydrogen) atoms.